The van der Waals surface area contributed by atoms with E-state index in [0.717, 1.165) is 63.9 Å². The first-order valence-corrected chi connectivity index (χ1v) is 10.4. The van der Waals surface area contributed by atoms with Crippen LogP contribution in [0.2, 0.25) is 0 Å². The Morgan fingerprint density at radius 2 is 1.80 bits per heavy atom. The molecule has 4 aliphatic heterocycles. The van der Waals surface area contributed by atoms with E-state index in [2.05, 4.69) is 16.7 Å². The molecular formula is C20H34N2O3. The standard InChI is InChI=1S/C20H34N2O3/c1-15-2-8-22(9-3-15)20(23)18-12-17-4-7-21(14-19(17)25-18)13-16-5-10-24-11-6-16/h15-19H,2-14H2,1H3/t17-,18+,19-/m0/s1. The van der Waals surface area contributed by atoms with E-state index in [1.54, 1.807) is 0 Å². The Bertz CT molecular complexity index is 458. The number of hydrogen-bond donors (Lipinski definition) is 0. The summed E-state index contributed by atoms with van der Waals surface area (Å²) in [5.41, 5.74) is 0. The largest absolute Gasteiger partial charge is 0.381 e. The topological polar surface area (TPSA) is 42.0 Å². The van der Waals surface area contributed by atoms with E-state index < -0.39 is 0 Å². The molecule has 0 N–H and O–H groups in total. The fourth-order valence-corrected chi connectivity index (χ4v) is 5.05. The van der Waals surface area contributed by atoms with Gasteiger partial charge in [0.05, 0.1) is 6.10 Å². The summed E-state index contributed by atoms with van der Waals surface area (Å²) in [4.78, 5) is 17.5. The van der Waals surface area contributed by atoms with Crippen molar-refractivity contribution in [1.82, 2.24) is 9.80 Å². The Morgan fingerprint density at radius 3 is 2.56 bits per heavy atom. The Balaban J connectivity index is 1.27. The Morgan fingerprint density at radius 1 is 1.04 bits per heavy atom. The Labute approximate surface area is 152 Å². The highest BCUT2D eigenvalue weighted by molar-refractivity contribution is 5.81. The molecule has 0 aliphatic carbocycles. The van der Waals surface area contributed by atoms with Crippen LogP contribution in [0.4, 0.5) is 0 Å². The molecule has 0 bridgehead atoms. The van der Waals surface area contributed by atoms with Gasteiger partial charge in [0.1, 0.15) is 6.10 Å². The van der Waals surface area contributed by atoms with Gasteiger partial charge in [-0.2, -0.15) is 0 Å². The van der Waals surface area contributed by atoms with Crippen molar-refractivity contribution in [3.05, 3.63) is 0 Å². The van der Waals surface area contributed by atoms with Crippen LogP contribution in [0, 0.1) is 17.8 Å². The monoisotopic (exact) mass is 350 g/mol. The predicted octanol–water partition coefficient (Wildman–Crippen LogP) is 2.15. The maximum Gasteiger partial charge on any atom is 0.251 e. The lowest BCUT2D eigenvalue weighted by Crippen LogP contribution is -2.45. The zero-order chi connectivity index (χ0) is 17.2. The van der Waals surface area contributed by atoms with Gasteiger partial charge < -0.3 is 19.3 Å². The average Bonchev–Trinajstić information content (AvgIpc) is 3.06. The van der Waals surface area contributed by atoms with Gasteiger partial charge >= 0.3 is 0 Å². The van der Waals surface area contributed by atoms with Crippen molar-refractivity contribution in [2.24, 2.45) is 17.8 Å². The first-order chi connectivity index (χ1) is 12.2. The van der Waals surface area contributed by atoms with Gasteiger partial charge in [-0.1, -0.05) is 6.92 Å². The van der Waals surface area contributed by atoms with Crippen LogP contribution in [-0.4, -0.2) is 73.9 Å². The molecule has 0 aromatic rings. The van der Waals surface area contributed by atoms with Gasteiger partial charge in [-0.15, -0.1) is 0 Å². The highest BCUT2D eigenvalue weighted by atomic mass is 16.5. The molecule has 5 nitrogen and oxygen atoms in total. The van der Waals surface area contributed by atoms with Crippen molar-refractivity contribution in [3.8, 4) is 0 Å². The molecule has 142 valence electrons. The van der Waals surface area contributed by atoms with E-state index in [1.165, 1.54) is 32.4 Å². The molecule has 0 saturated carbocycles. The molecule has 4 fully saturated rings. The summed E-state index contributed by atoms with van der Waals surface area (Å²) in [5.74, 6) is 2.38. The number of nitrogens with zero attached hydrogens (tertiary/aromatic N) is 2. The summed E-state index contributed by atoms with van der Waals surface area (Å²) >= 11 is 0. The number of carbonyl (C=O) groups is 1. The molecule has 0 aromatic heterocycles. The van der Waals surface area contributed by atoms with Crippen molar-refractivity contribution in [3.63, 3.8) is 0 Å². The van der Waals surface area contributed by atoms with Crippen LogP contribution < -0.4 is 0 Å². The quantitative estimate of drug-likeness (QED) is 0.782. The highest BCUT2D eigenvalue weighted by Gasteiger charge is 2.43. The summed E-state index contributed by atoms with van der Waals surface area (Å²) in [6.45, 7) is 9.34. The van der Waals surface area contributed by atoms with E-state index in [0.29, 0.717) is 5.92 Å². The van der Waals surface area contributed by atoms with Crippen molar-refractivity contribution in [2.45, 2.75) is 57.7 Å². The van der Waals surface area contributed by atoms with Crippen LogP contribution in [0.1, 0.15) is 45.4 Å². The van der Waals surface area contributed by atoms with Crippen LogP contribution >= 0.6 is 0 Å². The summed E-state index contributed by atoms with van der Waals surface area (Å²) in [7, 11) is 0. The normalized spacial score (nSPS) is 35.7. The number of ether oxygens (including phenoxy) is 2. The maximum atomic E-state index is 12.8. The van der Waals surface area contributed by atoms with Crippen molar-refractivity contribution in [1.29, 1.82) is 0 Å². The van der Waals surface area contributed by atoms with Crippen LogP contribution in [0.3, 0.4) is 0 Å². The molecule has 4 heterocycles. The molecule has 0 aromatic carbocycles. The van der Waals surface area contributed by atoms with Crippen molar-refractivity contribution in [2.75, 3.05) is 45.9 Å². The molecule has 3 atom stereocenters. The third-order valence-corrected chi connectivity index (χ3v) is 6.86. The van der Waals surface area contributed by atoms with Crippen LogP contribution in [-0.2, 0) is 14.3 Å². The molecule has 4 rings (SSSR count). The summed E-state index contributed by atoms with van der Waals surface area (Å²) in [6.07, 6.45) is 6.90. The van der Waals surface area contributed by atoms with E-state index in [1.807, 2.05) is 0 Å². The third kappa shape index (κ3) is 4.20. The van der Waals surface area contributed by atoms with Gasteiger partial charge in [-0.05, 0) is 62.8 Å². The molecular weight excluding hydrogens is 316 g/mol. The van der Waals surface area contributed by atoms with Crippen molar-refractivity contribution < 1.29 is 14.3 Å². The number of hydrogen-bond acceptors (Lipinski definition) is 4. The number of carbonyl (C=O) groups excluding carboxylic acids is 1. The highest BCUT2D eigenvalue weighted by Crippen LogP contribution is 2.35. The third-order valence-electron chi connectivity index (χ3n) is 6.86. The zero-order valence-corrected chi connectivity index (χ0v) is 15.7. The number of likely N-dealkylation sites (tertiary alicyclic amines) is 2. The fraction of sp³-hybridized carbons (Fsp3) is 0.950. The summed E-state index contributed by atoms with van der Waals surface area (Å²) in [5, 5.41) is 0. The van der Waals surface area contributed by atoms with Gasteiger partial charge in [0.15, 0.2) is 0 Å². The minimum atomic E-state index is -0.175. The number of piperidine rings is 2. The SMILES string of the molecule is CC1CCN(C(=O)[C@H]2C[C@@H]3CCN(CC4CCOCC4)C[C@@H]3O2)CC1. The molecule has 1 amide bonds. The molecule has 0 radical (unpaired) electrons. The smallest absolute Gasteiger partial charge is 0.251 e. The van der Waals surface area contributed by atoms with Gasteiger partial charge in [0.2, 0.25) is 0 Å². The second-order valence-corrected chi connectivity index (χ2v) is 8.77. The van der Waals surface area contributed by atoms with Crippen molar-refractivity contribution >= 4 is 5.91 Å². The van der Waals surface area contributed by atoms with E-state index >= 15 is 0 Å². The van der Waals surface area contributed by atoms with Gasteiger partial charge in [-0.3, -0.25) is 4.79 Å². The molecule has 0 spiro atoms. The molecule has 0 unspecified atom stereocenters. The first-order valence-electron chi connectivity index (χ1n) is 10.4. The zero-order valence-electron chi connectivity index (χ0n) is 15.7. The lowest BCUT2D eigenvalue weighted by Gasteiger charge is -2.37. The minimum Gasteiger partial charge on any atom is -0.381 e. The molecule has 5 heteroatoms. The second kappa shape index (κ2) is 7.93. The minimum absolute atomic E-state index is 0.175. The summed E-state index contributed by atoms with van der Waals surface area (Å²) < 4.78 is 11.7. The molecule has 4 aliphatic rings. The molecule has 25 heavy (non-hydrogen) atoms. The number of fused-ring (bicyclic) bond motifs is 1. The van der Waals surface area contributed by atoms with Gasteiger partial charge in [0, 0.05) is 39.4 Å². The Kier molecular flexibility index (Phi) is 5.63. The van der Waals surface area contributed by atoms with E-state index in [9.17, 15) is 4.79 Å². The summed E-state index contributed by atoms with van der Waals surface area (Å²) in [6, 6.07) is 0. The molecule has 4 saturated heterocycles. The van der Waals surface area contributed by atoms with Crippen LogP contribution in [0.5, 0.6) is 0 Å². The number of amides is 1. The second-order valence-electron chi connectivity index (χ2n) is 8.77. The van der Waals surface area contributed by atoms with Gasteiger partial charge in [0.25, 0.3) is 5.91 Å². The lowest BCUT2D eigenvalue weighted by atomic mass is 9.90. The lowest BCUT2D eigenvalue weighted by molar-refractivity contribution is -0.145. The first kappa shape index (κ1) is 17.7. The van der Waals surface area contributed by atoms with E-state index in [4.69, 9.17) is 9.47 Å². The van der Waals surface area contributed by atoms with E-state index in [-0.39, 0.29) is 18.1 Å². The maximum absolute atomic E-state index is 12.8. The van der Waals surface area contributed by atoms with Crippen LogP contribution in [0.25, 0.3) is 0 Å². The fourth-order valence-electron chi connectivity index (χ4n) is 5.05. The van der Waals surface area contributed by atoms with Gasteiger partial charge in [-0.25, -0.2) is 0 Å². The number of rotatable bonds is 3. The van der Waals surface area contributed by atoms with Crippen LogP contribution in [0.15, 0.2) is 0 Å². The Hall–Kier alpha value is -0.650. The average molecular weight is 351 g/mol. The predicted molar refractivity (Wildman–Crippen MR) is 96.3 cm³/mol.